The minimum absolute atomic E-state index is 0.0826. The van der Waals surface area contributed by atoms with Crippen molar-refractivity contribution in [2.75, 3.05) is 17.6 Å². The van der Waals surface area contributed by atoms with Crippen molar-refractivity contribution in [1.29, 1.82) is 0 Å². The fourth-order valence-corrected chi connectivity index (χ4v) is 2.08. The largest absolute Gasteiger partial charge is 0.397 e. The maximum Gasteiger partial charge on any atom is 0.220 e. The highest BCUT2D eigenvalue weighted by molar-refractivity contribution is 9.10. The standard InChI is InChI=1S/C13H17BrFN3O/c14-9-6-11(16)12(7-10(9)15)17-5-1-2-13(19)18-8-3-4-8/h6-8,17H,1-5,16H2,(H,18,19). The van der Waals surface area contributed by atoms with Crippen LogP contribution in [0.4, 0.5) is 15.8 Å². The second-order valence-corrected chi connectivity index (χ2v) is 5.58. The Labute approximate surface area is 120 Å². The molecule has 1 fully saturated rings. The Balaban J connectivity index is 1.72. The summed E-state index contributed by atoms with van der Waals surface area (Å²) < 4.78 is 13.7. The summed E-state index contributed by atoms with van der Waals surface area (Å²) in [4.78, 5) is 11.4. The number of hydrogen-bond acceptors (Lipinski definition) is 3. The number of anilines is 2. The molecule has 1 aromatic carbocycles. The molecule has 19 heavy (non-hydrogen) atoms. The van der Waals surface area contributed by atoms with Crippen molar-refractivity contribution in [3.63, 3.8) is 0 Å². The van der Waals surface area contributed by atoms with E-state index in [2.05, 4.69) is 26.6 Å². The third-order valence-corrected chi connectivity index (χ3v) is 3.54. The molecule has 0 heterocycles. The number of hydrogen-bond donors (Lipinski definition) is 3. The molecule has 104 valence electrons. The van der Waals surface area contributed by atoms with Gasteiger partial charge in [-0.15, -0.1) is 0 Å². The van der Waals surface area contributed by atoms with Crippen molar-refractivity contribution < 1.29 is 9.18 Å². The Morgan fingerprint density at radius 1 is 1.47 bits per heavy atom. The van der Waals surface area contributed by atoms with Crippen LogP contribution in [0.5, 0.6) is 0 Å². The van der Waals surface area contributed by atoms with E-state index in [0.717, 1.165) is 12.8 Å². The van der Waals surface area contributed by atoms with Crippen molar-refractivity contribution in [2.45, 2.75) is 31.7 Å². The van der Waals surface area contributed by atoms with Crippen LogP contribution in [-0.4, -0.2) is 18.5 Å². The van der Waals surface area contributed by atoms with Crippen LogP contribution in [0.15, 0.2) is 16.6 Å². The van der Waals surface area contributed by atoms with Gasteiger partial charge in [-0.3, -0.25) is 4.79 Å². The van der Waals surface area contributed by atoms with Gasteiger partial charge in [-0.1, -0.05) is 0 Å². The number of nitrogens with two attached hydrogens (primary N) is 1. The van der Waals surface area contributed by atoms with Gasteiger partial charge < -0.3 is 16.4 Å². The third kappa shape index (κ3) is 4.38. The molecule has 1 saturated carbocycles. The Kier molecular flexibility index (Phi) is 4.63. The van der Waals surface area contributed by atoms with E-state index in [-0.39, 0.29) is 11.7 Å². The Morgan fingerprint density at radius 2 is 2.21 bits per heavy atom. The van der Waals surface area contributed by atoms with Crippen LogP contribution < -0.4 is 16.4 Å². The highest BCUT2D eigenvalue weighted by Gasteiger charge is 2.22. The predicted octanol–water partition coefficient (Wildman–Crippen LogP) is 2.64. The van der Waals surface area contributed by atoms with Crippen LogP contribution in [0, 0.1) is 5.82 Å². The minimum Gasteiger partial charge on any atom is -0.397 e. The predicted molar refractivity (Wildman–Crippen MR) is 77.4 cm³/mol. The fourth-order valence-electron chi connectivity index (χ4n) is 1.71. The third-order valence-electron chi connectivity index (χ3n) is 2.93. The van der Waals surface area contributed by atoms with E-state index in [0.29, 0.717) is 41.3 Å². The van der Waals surface area contributed by atoms with Crippen LogP contribution in [0.1, 0.15) is 25.7 Å². The Morgan fingerprint density at radius 3 is 2.89 bits per heavy atom. The highest BCUT2D eigenvalue weighted by atomic mass is 79.9. The van der Waals surface area contributed by atoms with Gasteiger partial charge in [-0.2, -0.15) is 0 Å². The van der Waals surface area contributed by atoms with Crippen LogP contribution in [0.3, 0.4) is 0 Å². The van der Waals surface area contributed by atoms with E-state index in [4.69, 9.17) is 5.73 Å². The summed E-state index contributed by atoms with van der Waals surface area (Å²) in [6.45, 7) is 0.587. The fraction of sp³-hybridized carbons (Fsp3) is 0.462. The average molecular weight is 330 g/mol. The van der Waals surface area contributed by atoms with Gasteiger partial charge in [0.1, 0.15) is 5.82 Å². The summed E-state index contributed by atoms with van der Waals surface area (Å²) in [5.41, 5.74) is 6.81. The van der Waals surface area contributed by atoms with Crippen LogP contribution in [0.25, 0.3) is 0 Å². The maximum absolute atomic E-state index is 13.3. The SMILES string of the molecule is Nc1cc(Br)c(F)cc1NCCCC(=O)NC1CC1. The molecular weight excluding hydrogens is 313 g/mol. The molecule has 0 saturated heterocycles. The molecule has 0 spiro atoms. The zero-order valence-electron chi connectivity index (χ0n) is 10.5. The number of nitrogen functional groups attached to an aromatic ring is 1. The lowest BCUT2D eigenvalue weighted by molar-refractivity contribution is -0.121. The molecule has 1 amide bonds. The topological polar surface area (TPSA) is 67.1 Å². The average Bonchev–Trinajstić information content (AvgIpc) is 3.14. The number of nitrogens with one attached hydrogen (secondary N) is 2. The van der Waals surface area contributed by atoms with Gasteiger partial charge in [-0.25, -0.2) is 4.39 Å². The lowest BCUT2D eigenvalue weighted by atomic mass is 10.2. The summed E-state index contributed by atoms with van der Waals surface area (Å²) in [5.74, 6) is -0.276. The smallest absolute Gasteiger partial charge is 0.220 e. The van der Waals surface area contributed by atoms with E-state index in [1.807, 2.05) is 0 Å². The van der Waals surface area contributed by atoms with Crippen molar-refractivity contribution >= 4 is 33.2 Å². The summed E-state index contributed by atoms with van der Waals surface area (Å²) >= 11 is 3.07. The number of carbonyl (C=O) groups is 1. The van der Waals surface area contributed by atoms with Crippen molar-refractivity contribution in [3.05, 3.63) is 22.4 Å². The quantitative estimate of drug-likeness (QED) is 0.555. The molecular formula is C13H17BrFN3O. The zero-order chi connectivity index (χ0) is 13.8. The first-order valence-electron chi connectivity index (χ1n) is 6.34. The second-order valence-electron chi connectivity index (χ2n) is 4.73. The molecule has 6 heteroatoms. The first kappa shape index (κ1) is 14.1. The number of benzene rings is 1. The molecule has 0 aliphatic heterocycles. The molecule has 2 rings (SSSR count). The molecule has 0 bridgehead atoms. The highest BCUT2D eigenvalue weighted by Crippen LogP contribution is 2.26. The van der Waals surface area contributed by atoms with E-state index < -0.39 is 0 Å². The van der Waals surface area contributed by atoms with Crippen molar-refractivity contribution in [1.82, 2.24) is 5.32 Å². The number of carbonyl (C=O) groups excluding carboxylic acids is 1. The van der Waals surface area contributed by atoms with Gasteiger partial charge in [0.05, 0.1) is 15.8 Å². The molecule has 0 atom stereocenters. The maximum atomic E-state index is 13.3. The molecule has 4 N–H and O–H groups in total. The number of halogens is 2. The molecule has 1 aliphatic carbocycles. The second kappa shape index (κ2) is 6.23. The summed E-state index contributed by atoms with van der Waals surface area (Å²) in [7, 11) is 0. The molecule has 0 aromatic heterocycles. The molecule has 1 aliphatic rings. The lowest BCUT2D eigenvalue weighted by Crippen LogP contribution is -2.25. The van der Waals surface area contributed by atoms with Gasteiger partial charge in [0, 0.05) is 25.1 Å². The lowest BCUT2D eigenvalue weighted by Gasteiger charge is -2.10. The molecule has 0 unspecified atom stereocenters. The van der Waals surface area contributed by atoms with Gasteiger partial charge in [0.25, 0.3) is 0 Å². The molecule has 0 radical (unpaired) electrons. The molecule has 4 nitrogen and oxygen atoms in total. The van der Waals surface area contributed by atoms with E-state index in [1.165, 1.54) is 12.1 Å². The van der Waals surface area contributed by atoms with E-state index >= 15 is 0 Å². The Hall–Kier alpha value is -1.30. The van der Waals surface area contributed by atoms with Crippen LogP contribution in [-0.2, 0) is 4.79 Å². The van der Waals surface area contributed by atoms with Gasteiger partial charge in [-0.05, 0) is 41.3 Å². The molecule has 1 aromatic rings. The van der Waals surface area contributed by atoms with E-state index in [1.54, 1.807) is 0 Å². The van der Waals surface area contributed by atoms with Gasteiger partial charge >= 0.3 is 0 Å². The minimum atomic E-state index is -0.358. The summed E-state index contributed by atoms with van der Waals surface area (Å²) in [6, 6.07) is 3.28. The first-order chi connectivity index (χ1) is 9.06. The van der Waals surface area contributed by atoms with Crippen molar-refractivity contribution in [2.24, 2.45) is 0 Å². The van der Waals surface area contributed by atoms with Crippen LogP contribution in [0.2, 0.25) is 0 Å². The summed E-state index contributed by atoms with van der Waals surface area (Å²) in [5, 5.41) is 5.96. The van der Waals surface area contributed by atoms with Gasteiger partial charge in [0.2, 0.25) is 5.91 Å². The normalized spacial score (nSPS) is 14.2. The summed E-state index contributed by atoms with van der Waals surface area (Å²) in [6.07, 6.45) is 3.36. The number of rotatable bonds is 6. The van der Waals surface area contributed by atoms with Crippen molar-refractivity contribution in [3.8, 4) is 0 Å². The Bertz CT molecular complexity index is 477. The zero-order valence-corrected chi connectivity index (χ0v) is 12.1. The van der Waals surface area contributed by atoms with Gasteiger partial charge in [0.15, 0.2) is 0 Å². The number of amides is 1. The monoisotopic (exact) mass is 329 g/mol. The van der Waals surface area contributed by atoms with Crippen LogP contribution >= 0.6 is 15.9 Å². The first-order valence-corrected chi connectivity index (χ1v) is 7.13. The van der Waals surface area contributed by atoms with E-state index in [9.17, 15) is 9.18 Å².